The topological polar surface area (TPSA) is 74.7 Å². The van der Waals surface area contributed by atoms with Gasteiger partial charge in [-0.15, -0.1) is 0 Å². The Hall–Kier alpha value is -2.81. The molecule has 0 saturated carbocycles. The van der Waals surface area contributed by atoms with Crippen LogP contribution < -0.4 is 15.0 Å². The second kappa shape index (κ2) is 5.68. The van der Waals surface area contributed by atoms with E-state index in [-0.39, 0.29) is 17.1 Å². The summed E-state index contributed by atoms with van der Waals surface area (Å²) in [6.07, 6.45) is -6.29. The number of rotatable bonds is 2. The lowest BCUT2D eigenvalue weighted by Crippen LogP contribution is -2.51. The minimum atomic E-state index is -4.73. The number of carbonyl (C=O) groups is 1. The summed E-state index contributed by atoms with van der Waals surface area (Å²) >= 11 is 0. The van der Waals surface area contributed by atoms with Gasteiger partial charge in [0.1, 0.15) is 11.3 Å². The molecule has 3 rings (SSSR count). The van der Waals surface area contributed by atoms with Crippen LogP contribution in [0.2, 0.25) is 0 Å². The minimum Gasteiger partial charge on any atom is -0.496 e. The van der Waals surface area contributed by atoms with Crippen LogP contribution in [0.5, 0.6) is 5.75 Å². The summed E-state index contributed by atoms with van der Waals surface area (Å²) in [6, 6.07) is 8.78. The number of aliphatic hydroxyl groups excluding tert-OH is 1. The Bertz CT molecular complexity index is 781. The van der Waals surface area contributed by atoms with E-state index in [4.69, 9.17) is 4.74 Å². The third-order valence-corrected chi connectivity index (χ3v) is 3.47. The van der Waals surface area contributed by atoms with E-state index < -0.39 is 24.1 Å². The van der Waals surface area contributed by atoms with Gasteiger partial charge in [0.15, 0.2) is 11.5 Å². The average molecular weight is 339 g/mol. The fourth-order valence-electron chi connectivity index (χ4n) is 2.42. The van der Waals surface area contributed by atoms with Gasteiger partial charge in [-0.3, -0.25) is 9.69 Å². The van der Waals surface area contributed by atoms with E-state index in [2.05, 4.69) is 10.3 Å². The van der Waals surface area contributed by atoms with Gasteiger partial charge >= 0.3 is 6.18 Å². The highest BCUT2D eigenvalue weighted by atomic mass is 19.4. The molecular formula is C15H12F3N3O3. The Morgan fingerprint density at radius 3 is 2.54 bits per heavy atom. The highest BCUT2D eigenvalue weighted by Crippen LogP contribution is 2.40. The number of para-hydroxylation sites is 1. The third kappa shape index (κ3) is 2.62. The molecule has 0 saturated heterocycles. The Kier molecular flexibility index (Phi) is 3.80. The number of benzene rings is 1. The number of ether oxygens (including phenoxy) is 1. The zero-order chi connectivity index (χ0) is 17.5. The molecule has 1 aliphatic rings. The summed E-state index contributed by atoms with van der Waals surface area (Å²) in [5.74, 6) is -1.38. The monoisotopic (exact) mass is 339 g/mol. The first-order chi connectivity index (χ1) is 11.3. The number of amides is 1. The number of halogens is 3. The third-order valence-electron chi connectivity index (χ3n) is 3.47. The van der Waals surface area contributed by atoms with E-state index in [0.717, 1.165) is 12.0 Å². The summed E-state index contributed by atoms with van der Waals surface area (Å²) in [7, 11) is 1.15. The van der Waals surface area contributed by atoms with Crippen molar-refractivity contribution in [2.24, 2.45) is 0 Å². The maximum absolute atomic E-state index is 13.1. The number of fused-ring (bicyclic) bond motifs is 1. The number of carbonyl (C=O) groups excluding carboxylic acids is 1. The molecule has 0 fully saturated rings. The van der Waals surface area contributed by atoms with Crippen molar-refractivity contribution in [1.82, 2.24) is 10.3 Å². The van der Waals surface area contributed by atoms with Crippen molar-refractivity contribution < 1.29 is 27.8 Å². The molecule has 1 aromatic heterocycles. The van der Waals surface area contributed by atoms with E-state index in [1.807, 2.05) is 0 Å². The van der Waals surface area contributed by atoms with Crippen LogP contribution in [0.4, 0.5) is 24.7 Å². The van der Waals surface area contributed by atoms with Gasteiger partial charge in [-0.05, 0) is 12.1 Å². The van der Waals surface area contributed by atoms with Gasteiger partial charge < -0.3 is 15.2 Å². The van der Waals surface area contributed by atoms with Crippen LogP contribution >= 0.6 is 0 Å². The number of hydrogen-bond donors (Lipinski definition) is 2. The zero-order valence-corrected chi connectivity index (χ0v) is 12.3. The smallest absolute Gasteiger partial charge is 0.433 e. The molecule has 24 heavy (non-hydrogen) atoms. The van der Waals surface area contributed by atoms with E-state index in [1.165, 1.54) is 0 Å². The second-order valence-electron chi connectivity index (χ2n) is 4.96. The number of nitrogens with zero attached hydrogens (tertiary/aromatic N) is 2. The Balaban J connectivity index is 2.27. The van der Waals surface area contributed by atoms with Crippen LogP contribution in [0.3, 0.4) is 0 Å². The maximum Gasteiger partial charge on any atom is 0.433 e. The highest BCUT2D eigenvalue weighted by molar-refractivity contribution is 6.04. The van der Waals surface area contributed by atoms with Crippen molar-refractivity contribution in [1.29, 1.82) is 0 Å². The first kappa shape index (κ1) is 16.1. The molecule has 1 aromatic carbocycles. The van der Waals surface area contributed by atoms with Crippen LogP contribution in [0.1, 0.15) is 16.1 Å². The summed E-state index contributed by atoms with van der Waals surface area (Å²) in [5.41, 5.74) is -1.04. The van der Waals surface area contributed by atoms with E-state index in [1.54, 1.807) is 30.3 Å². The van der Waals surface area contributed by atoms with Gasteiger partial charge in [-0.2, -0.15) is 13.2 Å². The van der Waals surface area contributed by atoms with Crippen LogP contribution in [0.15, 0.2) is 36.4 Å². The van der Waals surface area contributed by atoms with Crippen molar-refractivity contribution >= 4 is 17.4 Å². The number of methoxy groups -OCH3 is 1. The second-order valence-corrected chi connectivity index (χ2v) is 4.96. The number of pyridine rings is 1. The Morgan fingerprint density at radius 1 is 1.29 bits per heavy atom. The molecule has 0 radical (unpaired) electrons. The molecule has 1 atom stereocenters. The lowest BCUT2D eigenvalue weighted by atomic mass is 10.1. The molecule has 1 aliphatic heterocycles. The normalized spacial score (nSPS) is 17.3. The van der Waals surface area contributed by atoms with Crippen molar-refractivity contribution in [2.75, 3.05) is 12.0 Å². The van der Waals surface area contributed by atoms with Crippen molar-refractivity contribution in [2.45, 2.75) is 12.5 Å². The molecule has 2 aromatic rings. The molecule has 9 heteroatoms. The molecule has 0 bridgehead atoms. The first-order valence-electron chi connectivity index (χ1n) is 6.82. The Labute approximate surface area is 134 Å². The maximum atomic E-state index is 13.1. The number of aliphatic hydroxyl groups is 1. The number of aromatic nitrogens is 1. The molecule has 126 valence electrons. The molecule has 0 spiro atoms. The fourth-order valence-corrected chi connectivity index (χ4v) is 2.42. The van der Waals surface area contributed by atoms with Gasteiger partial charge in [0, 0.05) is 11.8 Å². The number of hydrogen-bond acceptors (Lipinski definition) is 5. The predicted octanol–water partition coefficient (Wildman–Crippen LogP) is 2.27. The standard InChI is InChI=1S/C15H12F3N3O3/c1-24-9-7-10(15(16,17)18)19-12-11(9)13(22)20-14(23)21(12)8-5-3-2-4-6-8/h2-7,14,23H,1H3,(H,20,22). The van der Waals surface area contributed by atoms with Gasteiger partial charge in [0.05, 0.1) is 7.11 Å². The number of nitrogens with one attached hydrogen (secondary N) is 1. The van der Waals surface area contributed by atoms with Gasteiger partial charge in [-0.1, -0.05) is 18.2 Å². The van der Waals surface area contributed by atoms with Gasteiger partial charge in [-0.25, -0.2) is 4.98 Å². The van der Waals surface area contributed by atoms with E-state index in [9.17, 15) is 23.1 Å². The SMILES string of the molecule is COc1cc(C(F)(F)F)nc2c1C(=O)NC(O)N2c1ccccc1. The first-order valence-corrected chi connectivity index (χ1v) is 6.82. The van der Waals surface area contributed by atoms with Crippen LogP contribution in [-0.4, -0.2) is 29.5 Å². The van der Waals surface area contributed by atoms with Gasteiger partial charge in [0.25, 0.3) is 5.91 Å². The van der Waals surface area contributed by atoms with Crippen molar-refractivity contribution in [3.63, 3.8) is 0 Å². The van der Waals surface area contributed by atoms with Crippen molar-refractivity contribution in [3.05, 3.63) is 47.7 Å². The lowest BCUT2D eigenvalue weighted by Gasteiger charge is -2.35. The molecule has 2 heterocycles. The summed E-state index contributed by atoms with van der Waals surface area (Å²) < 4.78 is 44.2. The van der Waals surface area contributed by atoms with Crippen LogP contribution in [-0.2, 0) is 6.18 Å². The number of alkyl halides is 3. The Morgan fingerprint density at radius 2 is 1.96 bits per heavy atom. The predicted molar refractivity (Wildman–Crippen MR) is 77.8 cm³/mol. The summed E-state index contributed by atoms with van der Waals surface area (Å²) in [6.45, 7) is 0. The largest absolute Gasteiger partial charge is 0.496 e. The molecular weight excluding hydrogens is 327 g/mol. The van der Waals surface area contributed by atoms with Crippen LogP contribution in [0, 0.1) is 0 Å². The molecule has 1 amide bonds. The summed E-state index contributed by atoms with van der Waals surface area (Å²) in [4.78, 5) is 16.8. The average Bonchev–Trinajstić information content (AvgIpc) is 2.53. The molecule has 6 nitrogen and oxygen atoms in total. The van der Waals surface area contributed by atoms with Crippen molar-refractivity contribution in [3.8, 4) is 5.75 Å². The van der Waals surface area contributed by atoms with Gasteiger partial charge in [0.2, 0.25) is 6.35 Å². The molecule has 0 aliphatic carbocycles. The summed E-state index contributed by atoms with van der Waals surface area (Å²) in [5, 5.41) is 12.4. The lowest BCUT2D eigenvalue weighted by molar-refractivity contribution is -0.141. The fraction of sp³-hybridized carbons (Fsp3) is 0.200. The van der Waals surface area contributed by atoms with Crippen LogP contribution in [0.25, 0.3) is 0 Å². The quantitative estimate of drug-likeness (QED) is 0.878. The van der Waals surface area contributed by atoms with E-state index in [0.29, 0.717) is 11.8 Å². The zero-order valence-electron chi connectivity index (χ0n) is 12.3. The highest BCUT2D eigenvalue weighted by Gasteiger charge is 2.40. The molecule has 2 N–H and O–H groups in total. The minimum absolute atomic E-state index is 0.181. The number of anilines is 2. The van der Waals surface area contributed by atoms with E-state index >= 15 is 0 Å². The molecule has 1 unspecified atom stereocenters.